The van der Waals surface area contributed by atoms with E-state index in [1.54, 1.807) is 0 Å². The average molecular weight is 263 g/mol. The van der Waals surface area contributed by atoms with Gasteiger partial charge >= 0.3 is 0 Å². The highest BCUT2D eigenvalue weighted by atomic mass is 35.5. The summed E-state index contributed by atoms with van der Waals surface area (Å²) in [5.74, 6) is 0.891. The molecule has 17 heavy (non-hydrogen) atoms. The van der Waals surface area contributed by atoms with Crippen LogP contribution in [0.3, 0.4) is 0 Å². The highest BCUT2D eigenvalue weighted by Gasteiger charge is 2.32. The molecule has 0 aromatic carbocycles. The Hall–Kier alpha value is 0.170. The zero-order valence-electron chi connectivity index (χ0n) is 11.4. The van der Waals surface area contributed by atoms with Crippen molar-refractivity contribution in [3.63, 3.8) is 0 Å². The van der Waals surface area contributed by atoms with Crippen LogP contribution in [0.25, 0.3) is 0 Å². The lowest BCUT2D eigenvalue weighted by molar-refractivity contribution is -0.131. The second-order valence-corrected chi connectivity index (χ2v) is 6.08. The molecule has 0 bridgehead atoms. The van der Waals surface area contributed by atoms with Gasteiger partial charge in [0.2, 0.25) is 0 Å². The fourth-order valence-electron chi connectivity index (χ4n) is 3.15. The van der Waals surface area contributed by atoms with Crippen LogP contribution in [-0.4, -0.2) is 49.3 Å². The molecule has 2 heterocycles. The predicted octanol–water partition coefficient (Wildman–Crippen LogP) is 1.91. The molecular formula is C13H27ClN2O. The lowest BCUT2D eigenvalue weighted by Crippen LogP contribution is -2.53. The Bertz CT molecular complexity index is 229. The number of ether oxygens (including phenoxy) is 1. The molecule has 2 rings (SSSR count). The van der Waals surface area contributed by atoms with Gasteiger partial charge in [-0.3, -0.25) is 4.90 Å². The van der Waals surface area contributed by atoms with E-state index in [4.69, 9.17) is 4.74 Å². The number of hydrogen-bond donors (Lipinski definition) is 1. The third-order valence-corrected chi connectivity index (χ3v) is 3.62. The maximum Gasteiger partial charge on any atom is 0.0757 e. The van der Waals surface area contributed by atoms with Gasteiger partial charge in [0.25, 0.3) is 0 Å². The van der Waals surface area contributed by atoms with Crippen molar-refractivity contribution >= 4 is 12.4 Å². The molecule has 0 radical (unpaired) electrons. The first kappa shape index (κ1) is 15.2. The number of rotatable bonds is 2. The second-order valence-electron chi connectivity index (χ2n) is 6.08. The van der Waals surface area contributed by atoms with Crippen LogP contribution in [0.15, 0.2) is 0 Å². The van der Waals surface area contributed by atoms with Gasteiger partial charge in [0.15, 0.2) is 0 Å². The van der Waals surface area contributed by atoms with E-state index in [-0.39, 0.29) is 18.0 Å². The summed E-state index contributed by atoms with van der Waals surface area (Å²) in [6, 6.07) is 0. The first-order chi connectivity index (χ1) is 7.55. The molecule has 2 aliphatic rings. The molecule has 2 aliphatic heterocycles. The van der Waals surface area contributed by atoms with Crippen LogP contribution in [-0.2, 0) is 4.74 Å². The SMILES string of the molecule is CC1CN(CC2CCNCC2)CC(C)(C)O1.Cl. The lowest BCUT2D eigenvalue weighted by Gasteiger charge is -2.43. The van der Waals surface area contributed by atoms with Crippen molar-refractivity contribution in [2.45, 2.75) is 45.3 Å². The summed E-state index contributed by atoms with van der Waals surface area (Å²) in [7, 11) is 0. The summed E-state index contributed by atoms with van der Waals surface area (Å²) in [4.78, 5) is 2.60. The molecule has 0 spiro atoms. The molecule has 2 fully saturated rings. The highest BCUT2D eigenvalue weighted by molar-refractivity contribution is 5.85. The van der Waals surface area contributed by atoms with Crippen molar-refractivity contribution in [2.75, 3.05) is 32.7 Å². The smallest absolute Gasteiger partial charge is 0.0757 e. The fourth-order valence-corrected chi connectivity index (χ4v) is 3.15. The van der Waals surface area contributed by atoms with Crippen LogP contribution in [0.4, 0.5) is 0 Å². The Morgan fingerprint density at radius 1 is 1.29 bits per heavy atom. The highest BCUT2D eigenvalue weighted by Crippen LogP contribution is 2.23. The van der Waals surface area contributed by atoms with Crippen molar-refractivity contribution < 1.29 is 4.74 Å². The average Bonchev–Trinajstić information content (AvgIpc) is 2.15. The summed E-state index contributed by atoms with van der Waals surface area (Å²) in [5.41, 5.74) is 0.0323. The van der Waals surface area contributed by atoms with E-state index >= 15 is 0 Å². The van der Waals surface area contributed by atoms with Gasteiger partial charge in [-0.1, -0.05) is 0 Å². The van der Waals surface area contributed by atoms with E-state index in [0.29, 0.717) is 6.10 Å². The van der Waals surface area contributed by atoms with E-state index in [9.17, 15) is 0 Å². The molecule has 3 nitrogen and oxygen atoms in total. The van der Waals surface area contributed by atoms with Gasteiger partial charge in [0, 0.05) is 19.6 Å². The minimum absolute atomic E-state index is 0. The molecule has 0 aromatic rings. The number of nitrogens with one attached hydrogen (secondary N) is 1. The molecule has 102 valence electrons. The zero-order chi connectivity index (χ0) is 11.6. The summed E-state index contributed by atoms with van der Waals surface area (Å²) >= 11 is 0. The standard InChI is InChI=1S/C13H26N2O.ClH/c1-11-8-15(10-13(2,3)16-11)9-12-4-6-14-7-5-12;/h11-12,14H,4-10H2,1-3H3;1H. The van der Waals surface area contributed by atoms with Crippen molar-refractivity contribution in [2.24, 2.45) is 5.92 Å². The van der Waals surface area contributed by atoms with Crippen molar-refractivity contribution in [1.82, 2.24) is 10.2 Å². The predicted molar refractivity (Wildman–Crippen MR) is 73.9 cm³/mol. The Balaban J connectivity index is 0.00000144. The molecule has 0 saturated carbocycles. The van der Waals surface area contributed by atoms with Gasteiger partial charge in [0.05, 0.1) is 11.7 Å². The summed E-state index contributed by atoms with van der Waals surface area (Å²) < 4.78 is 5.94. The fraction of sp³-hybridized carbons (Fsp3) is 1.00. The number of hydrogen-bond acceptors (Lipinski definition) is 3. The van der Waals surface area contributed by atoms with Crippen LogP contribution >= 0.6 is 12.4 Å². The van der Waals surface area contributed by atoms with E-state index in [1.807, 2.05) is 0 Å². The minimum Gasteiger partial charge on any atom is -0.370 e. The number of piperidine rings is 1. The van der Waals surface area contributed by atoms with Crippen molar-refractivity contribution in [1.29, 1.82) is 0 Å². The normalized spacial score (nSPS) is 30.9. The summed E-state index contributed by atoms with van der Waals surface area (Å²) in [6.45, 7) is 12.5. The van der Waals surface area contributed by atoms with Crippen LogP contribution in [0.5, 0.6) is 0 Å². The minimum atomic E-state index is 0. The number of halogens is 1. The monoisotopic (exact) mass is 262 g/mol. The molecular weight excluding hydrogens is 236 g/mol. The Labute approximate surface area is 112 Å². The van der Waals surface area contributed by atoms with E-state index in [2.05, 4.69) is 31.0 Å². The van der Waals surface area contributed by atoms with Crippen LogP contribution in [0.2, 0.25) is 0 Å². The molecule has 0 amide bonds. The lowest BCUT2D eigenvalue weighted by atomic mass is 9.96. The van der Waals surface area contributed by atoms with Crippen molar-refractivity contribution in [3.8, 4) is 0 Å². The molecule has 1 atom stereocenters. The number of nitrogens with zero attached hydrogens (tertiary/aromatic N) is 1. The van der Waals surface area contributed by atoms with E-state index in [0.717, 1.165) is 19.0 Å². The topological polar surface area (TPSA) is 24.5 Å². The maximum atomic E-state index is 5.94. The molecule has 0 aromatic heterocycles. The Kier molecular flexibility index (Phi) is 5.71. The third-order valence-electron chi connectivity index (χ3n) is 3.62. The largest absolute Gasteiger partial charge is 0.370 e. The maximum absolute atomic E-state index is 5.94. The molecule has 1 N–H and O–H groups in total. The van der Waals surface area contributed by atoms with Gasteiger partial charge in [0.1, 0.15) is 0 Å². The first-order valence-corrected chi connectivity index (χ1v) is 6.66. The molecule has 4 heteroatoms. The zero-order valence-corrected chi connectivity index (χ0v) is 12.2. The van der Waals surface area contributed by atoms with Gasteiger partial charge < -0.3 is 10.1 Å². The third kappa shape index (κ3) is 4.74. The summed E-state index contributed by atoms with van der Waals surface area (Å²) in [5, 5.41) is 3.43. The van der Waals surface area contributed by atoms with Crippen LogP contribution in [0.1, 0.15) is 33.6 Å². The van der Waals surface area contributed by atoms with Crippen molar-refractivity contribution in [3.05, 3.63) is 0 Å². The molecule has 0 aliphatic carbocycles. The van der Waals surface area contributed by atoms with E-state index < -0.39 is 0 Å². The van der Waals surface area contributed by atoms with Gasteiger partial charge in [-0.05, 0) is 52.6 Å². The molecule has 2 saturated heterocycles. The van der Waals surface area contributed by atoms with Crippen LogP contribution in [0, 0.1) is 5.92 Å². The van der Waals surface area contributed by atoms with Crippen LogP contribution < -0.4 is 5.32 Å². The second kappa shape index (κ2) is 6.37. The number of morpholine rings is 1. The van der Waals surface area contributed by atoms with E-state index in [1.165, 1.54) is 32.5 Å². The quantitative estimate of drug-likeness (QED) is 0.823. The Morgan fingerprint density at radius 2 is 1.94 bits per heavy atom. The van der Waals surface area contributed by atoms with Gasteiger partial charge in [-0.15, -0.1) is 12.4 Å². The Morgan fingerprint density at radius 3 is 2.53 bits per heavy atom. The first-order valence-electron chi connectivity index (χ1n) is 6.66. The van der Waals surface area contributed by atoms with Gasteiger partial charge in [-0.25, -0.2) is 0 Å². The van der Waals surface area contributed by atoms with Gasteiger partial charge in [-0.2, -0.15) is 0 Å². The summed E-state index contributed by atoms with van der Waals surface area (Å²) in [6.07, 6.45) is 3.06. The molecule has 1 unspecified atom stereocenters.